The molecule has 1 unspecified atom stereocenters. The third kappa shape index (κ3) is 2.83. The first-order valence-corrected chi connectivity index (χ1v) is 5.25. The maximum atomic E-state index is 12.9. The van der Waals surface area contributed by atoms with E-state index < -0.39 is 47.8 Å². The Kier molecular flexibility index (Phi) is 5.37. The lowest BCUT2D eigenvalue weighted by Crippen LogP contribution is -2.77. The average Bonchev–Trinajstić information content (AvgIpc) is 2.34. The minimum absolute atomic E-state index is 3.08. The van der Waals surface area contributed by atoms with E-state index in [0.29, 0.717) is 0 Å². The Morgan fingerprint density at radius 1 is 0.308 bits per heavy atom. The molecule has 0 aliphatic heterocycles. The quantitative estimate of drug-likeness (QED) is 0.482. The van der Waals surface area contributed by atoms with Crippen LogP contribution in [-0.4, -0.2) is 47.8 Å². The van der Waals surface area contributed by atoms with Crippen molar-refractivity contribution in [3.05, 3.63) is 0 Å². The lowest BCUT2D eigenvalue weighted by Gasteiger charge is -2.42. The first-order chi connectivity index (χ1) is 10.8. The van der Waals surface area contributed by atoms with Gasteiger partial charge in [0.05, 0.1) is 0 Å². The summed E-state index contributed by atoms with van der Waals surface area (Å²) in [6.07, 6.45) is -15.1. The number of nitrogens with two attached hydrogens (primary N) is 1. The predicted molar refractivity (Wildman–Crippen MR) is 44.9 cm³/mol. The van der Waals surface area contributed by atoms with E-state index >= 15 is 0 Å². The molecule has 0 bridgehead atoms. The maximum absolute atomic E-state index is 12.9. The molecular weight excluding hydrogens is 433 g/mol. The molecule has 0 aromatic carbocycles. The highest BCUT2D eigenvalue weighted by atomic mass is 19.4. The van der Waals surface area contributed by atoms with Gasteiger partial charge in [0.25, 0.3) is 0 Å². The van der Waals surface area contributed by atoms with Crippen molar-refractivity contribution in [3.63, 3.8) is 0 Å². The molecule has 0 aliphatic rings. The van der Waals surface area contributed by atoms with Gasteiger partial charge in [-0.2, -0.15) is 70.2 Å². The Labute approximate surface area is 129 Å². The predicted octanol–water partition coefficient (Wildman–Crippen LogP) is 4.91. The van der Waals surface area contributed by atoms with E-state index in [-0.39, 0.29) is 0 Å². The number of hydrogen-bond donors (Lipinski definition) is 1. The molecule has 158 valence electrons. The third-order valence-electron chi connectivity index (χ3n) is 2.80. The zero-order valence-electron chi connectivity index (χ0n) is 11.0. The van der Waals surface area contributed by atoms with Crippen LogP contribution in [0.5, 0.6) is 0 Å². The van der Waals surface area contributed by atoms with Gasteiger partial charge in [-0.1, -0.05) is 0 Å². The first-order valence-electron chi connectivity index (χ1n) is 5.25. The summed E-state index contributed by atoms with van der Waals surface area (Å²) in [5.41, 5.74) is 3.08. The highest BCUT2D eigenvalue weighted by Crippen LogP contribution is 2.62. The van der Waals surface area contributed by atoms with Crippen molar-refractivity contribution in [3.8, 4) is 0 Å². The van der Waals surface area contributed by atoms with Crippen LogP contribution >= 0.6 is 0 Å². The van der Waals surface area contributed by atoms with Crippen LogP contribution in [0.2, 0.25) is 0 Å². The Morgan fingerprint density at radius 3 is 0.769 bits per heavy atom. The lowest BCUT2D eigenvalue weighted by atomic mass is 9.89. The van der Waals surface area contributed by atoms with Crippen LogP contribution in [0.25, 0.3) is 0 Å². The molecule has 0 rings (SSSR count). The summed E-state index contributed by atoms with van der Waals surface area (Å²) >= 11 is 0. The zero-order chi connectivity index (χ0) is 22.0. The van der Waals surface area contributed by atoms with E-state index in [1.165, 1.54) is 0 Å². The molecule has 1 nitrogen and oxygen atoms in total. The van der Waals surface area contributed by atoms with Crippen LogP contribution in [0, 0.1) is 0 Å². The number of halogens is 17. The molecule has 0 saturated carbocycles. The number of rotatable bonds is 5. The molecule has 0 spiro atoms. The smallest absolute Gasteiger partial charge is 0.286 e. The molecule has 0 amide bonds. The molecule has 0 heterocycles. The Hall–Kier alpha value is -1.23. The molecular formula is C8H2F17N. The van der Waals surface area contributed by atoms with Gasteiger partial charge >= 0.3 is 47.8 Å². The van der Waals surface area contributed by atoms with Crippen molar-refractivity contribution in [2.24, 2.45) is 5.73 Å². The highest BCUT2D eigenvalue weighted by Gasteiger charge is 2.94. The van der Waals surface area contributed by atoms with Gasteiger partial charge in [0.1, 0.15) is 0 Å². The van der Waals surface area contributed by atoms with Crippen molar-refractivity contribution in [1.29, 1.82) is 0 Å². The van der Waals surface area contributed by atoms with E-state index in [4.69, 9.17) is 0 Å². The fraction of sp³-hybridized carbons (Fsp3) is 1.00. The van der Waals surface area contributed by atoms with Crippen molar-refractivity contribution in [1.82, 2.24) is 0 Å². The zero-order valence-corrected chi connectivity index (χ0v) is 11.0. The van der Waals surface area contributed by atoms with Crippen molar-refractivity contribution < 1.29 is 74.6 Å². The second kappa shape index (κ2) is 5.63. The van der Waals surface area contributed by atoms with E-state index in [1.54, 1.807) is 0 Å². The lowest BCUT2D eigenvalue weighted by molar-refractivity contribution is -0.456. The van der Waals surface area contributed by atoms with Crippen LogP contribution in [0.4, 0.5) is 74.6 Å². The van der Waals surface area contributed by atoms with E-state index in [1.807, 2.05) is 0 Å². The fourth-order valence-corrected chi connectivity index (χ4v) is 1.18. The summed E-state index contributed by atoms with van der Waals surface area (Å²) in [5, 5.41) is 0. The van der Waals surface area contributed by atoms with Gasteiger partial charge in [-0.15, -0.1) is 0 Å². The molecule has 2 N–H and O–H groups in total. The van der Waals surface area contributed by atoms with Crippen molar-refractivity contribution in [2.45, 2.75) is 47.8 Å². The van der Waals surface area contributed by atoms with Crippen molar-refractivity contribution >= 4 is 0 Å². The van der Waals surface area contributed by atoms with Crippen molar-refractivity contribution in [2.75, 3.05) is 0 Å². The number of alkyl halides is 17. The highest BCUT2D eigenvalue weighted by molar-refractivity contribution is 5.15. The molecule has 0 aromatic heterocycles. The van der Waals surface area contributed by atoms with Gasteiger partial charge in [0.2, 0.25) is 0 Å². The van der Waals surface area contributed by atoms with E-state index in [0.717, 1.165) is 0 Å². The largest absolute Gasteiger partial charge is 0.460 e. The molecule has 0 fully saturated rings. The summed E-state index contributed by atoms with van der Waals surface area (Å²) in [7, 11) is 0. The monoisotopic (exact) mass is 435 g/mol. The minimum atomic E-state index is -8.56. The van der Waals surface area contributed by atoms with Crippen LogP contribution in [0.15, 0.2) is 0 Å². The van der Waals surface area contributed by atoms with E-state index in [2.05, 4.69) is 5.73 Å². The molecule has 1 atom stereocenters. The summed E-state index contributed by atoms with van der Waals surface area (Å²) in [6.45, 7) is 0. The SMILES string of the molecule is NC(F)(C(F)(F)F)C(F)(F)C(F)(F)C(F)(F)C(F)(F)C(F)(F)C(F)(F)F. The second-order valence-corrected chi connectivity index (χ2v) is 4.58. The Bertz CT molecular complexity index is 474. The van der Waals surface area contributed by atoms with Gasteiger partial charge < -0.3 is 0 Å². The van der Waals surface area contributed by atoms with E-state index in [9.17, 15) is 74.6 Å². The first kappa shape index (κ1) is 24.8. The minimum Gasteiger partial charge on any atom is -0.286 e. The topological polar surface area (TPSA) is 26.0 Å². The standard InChI is InChI=1S/C8H2F17N/c9-1(10,3(13,14)5(17,18)7(20,21)22)2(11,12)4(15,16)6(19,26)8(23,24)25/h26H2. The van der Waals surface area contributed by atoms with Gasteiger partial charge in [-0.3, -0.25) is 5.73 Å². The van der Waals surface area contributed by atoms with Gasteiger partial charge in [0, 0.05) is 0 Å². The van der Waals surface area contributed by atoms with Crippen LogP contribution in [-0.2, 0) is 0 Å². The maximum Gasteiger partial charge on any atom is 0.460 e. The van der Waals surface area contributed by atoms with Crippen LogP contribution < -0.4 is 5.73 Å². The second-order valence-electron chi connectivity index (χ2n) is 4.58. The molecule has 0 aromatic rings. The third-order valence-corrected chi connectivity index (χ3v) is 2.80. The summed E-state index contributed by atoms with van der Waals surface area (Å²) in [4.78, 5) is 0. The molecule has 26 heavy (non-hydrogen) atoms. The molecule has 0 radical (unpaired) electrons. The summed E-state index contributed by atoms with van der Waals surface area (Å²) in [5.74, 6) is -49.0. The molecule has 0 saturated heterocycles. The van der Waals surface area contributed by atoms with Gasteiger partial charge in [0.15, 0.2) is 0 Å². The van der Waals surface area contributed by atoms with Crippen LogP contribution in [0.1, 0.15) is 0 Å². The molecule has 18 heteroatoms. The van der Waals surface area contributed by atoms with Gasteiger partial charge in [-0.05, 0) is 0 Å². The summed E-state index contributed by atoms with van der Waals surface area (Å²) in [6, 6.07) is 0. The van der Waals surface area contributed by atoms with Crippen LogP contribution in [0.3, 0.4) is 0 Å². The molecule has 0 aliphatic carbocycles. The average molecular weight is 435 g/mol. The fourth-order valence-electron chi connectivity index (χ4n) is 1.18. The summed E-state index contributed by atoms with van der Waals surface area (Å²) < 4.78 is 211. The Balaban J connectivity index is 6.61. The van der Waals surface area contributed by atoms with Gasteiger partial charge in [-0.25, -0.2) is 4.39 Å². The number of hydrogen-bond acceptors (Lipinski definition) is 1. The normalized spacial score (nSPS) is 18.7. The Morgan fingerprint density at radius 2 is 0.538 bits per heavy atom.